The standard InChI is InChI=1S/C15H18N6/c1-9-6-14(12-7-11(16)4-5-13(12)18-9)19-10(2)15-20-17-8-21(15)3/h4-8,10H,16H2,1-3H3,(H,18,19). The minimum atomic E-state index is 0.0314. The first-order valence-electron chi connectivity index (χ1n) is 6.82. The highest BCUT2D eigenvalue weighted by Gasteiger charge is 2.13. The summed E-state index contributed by atoms with van der Waals surface area (Å²) in [5.41, 5.74) is 9.51. The second kappa shape index (κ2) is 5.05. The van der Waals surface area contributed by atoms with E-state index in [0.717, 1.165) is 33.8 Å². The van der Waals surface area contributed by atoms with Gasteiger partial charge in [0.2, 0.25) is 0 Å². The molecule has 0 aliphatic heterocycles. The Bertz CT molecular complexity index is 792. The van der Waals surface area contributed by atoms with Crippen LogP contribution in [0.2, 0.25) is 0 Å². The lowest BCUT2D eigenvalue weighted by Crippen LogP contribution is -2.12. The third-order valence-electron chi connectivity index (χ3n) is 3.47. The van der Waals surface area contributed by atoms with Crippen LogP contribution in [-0.4, -0.2) is 19.7 Å². The number of benzene rings is 1. The fourth-order valence-corrected chi connectivity index (χ4v) is 2.48. The van der Waals surface area contributed by atoms with Gasteiger partial charge in [-0.3, -0.25) is 4.98 Å². The van der Waals surface area contributed by atoms with E-state index in [-0.39, 0.29) is 6.04 Å². The van der Waals surface area contributed by atoms with Crippen molar-refractivity contribution in [3.05, 3.63) is 42.1 Å². The van der Waals surface area contributed by atoms with Crippen LogP contribution in [0.3, 0.4) is 0 Å². The van der Waals surface area contributed by atoms with Crippen molar-refractivity contribution in [3.8, 4) is 0 Å². The maximum absolute atomic E-state index is 5.90. The van der Waals surface area contributed by atoms with E-state index < -0.39 is 0 Å². The van der Waals surface area contributed by atoms with E-state index in [1.807, 2.05) is 42.8 Å². The molecule has 3 aromatic rings. The molecular formula is C15H18N6. The number of aromatic nitrogens is 4. The third kappa shape index (κ3) is 2.52. The summed E-state index contributed by atoms with van der Waals surface area (Å²) in [5, 5.41) is 12.5. The first-order chi connectivity index (χ1) is 10.0. The van der Waals surface area contributed by atoms with E-state index in [4.69, 9.17) is 5.73 Å². The maximum Gasteiger partial charge on any atom is 0.154 e. The van der Waals surface area contributed by atoms with E-state index in [1.54, 1.807) is 6.33 Å². The molecule has 0 saturated heterocycles. The van der Waals surface area contributed by atoms with Crippen molar-refractivity contribution in [1.29, 1.82) is 0 Å². The number of rotatable bonds is 3. The van der Waals surface area contributed by atoms with Crippen LogP contribution in [-0.2, 0) is 7.05 Å². The normalized spacial score (nSPS) is 12.5. The minimum Gasteiger partial charge on any atom is -0.399 e. The van der Waals surface area contributed by atoms with Crippen molar-refractivity contribution in [2.24, 2.45) is 7.05 Å². The Morgan fingerprint density at radius 2 is 2.10 bits per heavy atom. The zero-order valence-corrected chi connectivity index (χ0v) is 12.3. The zero-order valence-electron chi connectivity index (χ0n) is 12.3. The number of nitrogens with two attached hydrogens (primary N) is 1. The van der Waals surface area contributed by atoms with Gasteiger partial charge in [-0.15, -0.1) is 10.2 Å². The Kier molecular flexibility index (Phi) is 3.21. The largest absolute Gasteiger partial charge is 0.399 e. The molecule has 0 aliphatic carbocycles. The summed E-state index contributed by atoms with van der Waals surface area (Å²) in [7, 11) is 1.93. The molecule has 0 aliphatic rings. The highest BCUT2D eigenvalue weighted by atomic mass is 15.3. The molecule has 108 valence electrons. The highest BCUT2D eigenvalue weighted by Crippen LogP contribution is 2.28. The van der Waals surface area contributed by atoms with E-state index in [0.29, 0.717) is 0 Å². The van der Waals surface area contributed by atoms with Crippen LogP contribution in [0, 0.1) is 6.92 Å². The van der Waals surface area contributed by atoms with Crippen molar-refractivity contribution in [2.45, 2.75) is 19.9 Å². The summed E-state index contributed by atoms with van der Waals surface area (Å²) >= 11 is 0. The van der Waals surface area contributed by atoms with Crippen LogP contribution < -0.4 is 11.1 Å². The van der Waals surface area contributed by atoms with Gasteiger partial charge in [0.05, 0.1) is 11.6 Å². The molecule has 1 aromatic carbocycles. The lowest BCUT2D eigenvalue weighted by atomic mass is 10.1. The van der Waals surface area contributed by atoms with Gasteiger partial charge in [-0.2, -0.15) is 0 Å². The Morgan fingerprint density at radius 3 is 2.81 bits per heavy atom. The van der Waals surface area contributed by atoms with E-state index in [9.17, 15) is 0 Å². The van der Waals surface area contributed by atoms with Crippen LogP contribution in [0.1, 0.15) is 24.5 Å². The van der Waals surface area contributed by atoms with Gasteiger partial charge in [0.15, 0.2) is 5.82 Å². The second-order valence-corrected chi connectivity index (χ2v) is 5.25. The van der Waals surface area contributed by atoms with Crippen molar-refractivity contribution in [1.82, 2.24) is 19.7 Å². The molecule has 6 nitrogen and oxygen atoms in total. The van der Waals surface area contributed by atoms with Gasteiger partial charge in [0, 0.05) is 29.5 Å². The van der Waals surface area contributed by atoms with Gasteiger partial charge in [0.25, 0.3) is 0 Å². The van der Waals surface area contributed by atoms with Crippen LogP contribution in [0.4, 0.5) is 11.4 Å². The molecule has 3 rings (SSSR count). The van der Waals surface area contributed by atoms with Crippen LogP contribution >= 0.6 is 0 Å². The minimum absolute atomic E-state index is 0.0314. The monoisotopic (exact) mass is 282 g/mol. The molecule has 0 spiro atoms. The summed E-state index contributed by atoms with van der Waals surface area (Å²) in [6.45, 7) is 4.03. The van der Waals surface area contributed by atoms with Gasteiger partial charge < -0.3 is 15.6 Å². The van der Waals surface area contributed by atoms with Crippen molar-refractivity contribution < 1.29 is 0 Å². The number of aryl methyl sites for hydroxylation is 2. The first kappa shape index (κ1) is 13.4. The molecule has 21 heavy (non-hydrogen) atoms. The van der Waals surface area contributed by atoms with E-state index >= 15 is 0 Å². The van der Waals surface area contributed by atoms with Crippen LogP contribution in [0.25, 0.3) is 10.9 Å². The number of nitrogens with zero attached hydrogens (tertiary/aromatic N) is 4. The number of hydrogen-bond donors (Lipinski definition) is 2. The number of nitrogen functional groups attached to an aromatic ring is 1. The Hall–Kier alpha value is -2.63. The summed E-state index contributed by atoms with van der Waals surface area (Å²) in [4.78, 5) is 4.54. The molecule has 1 atom stereocenters. The Labute approximate surface area is 123 Å². The number of pyridine rings is 1. The van der Waals surface area contributed by atoms with Gasteiger partial charge in [0.1, 0.15) is 6.33 Å². The number of anilines is 2. The summed E-state index contributed by atoms with van der Waals surface area (Å²) in [5.74, 6) is 0.876. The number of fused-ring (bicyclic) bond motifs is 1. The molecule has 1 unspecified atom stereocenters. The number of hydrogen-bond acceptors (Lipinski definition) is 5. The summed E-state index contributed by atoms with van der Waals surface area (Å²) < 4.78 is 1.91. The van der Waals surface area contributed by atoms with Crippen molar-refractivity contribution in [2.75, 3.05) is 11.1 Å². The van der Waals surface area contributed by atoms with Crippen molar-refractivity contribution in [3.63, 3.8) is 0 Å². The lowest BCUT2D eigenvalue weighted by molar-refractivity contribution is 0.720. The van der Waals surface area contributed by atoms with Gasteiger partial charge in [-0.05, 0) is 38.1 Å². The predicted octanol–water partition coefficient (Wildman–Crippen LogP) is 2.43. The predicted molar refractivity (Wildman–Crippen MR) is 83.9 cm³/mol. The number of nitrogens with one attached hydrogen (secondary N) is 1. The SMILES string of the molecule is Cc1cc(NC(C)c2nncn2C)c2cc(N)ccc2n1. The topological polar surface area (TPSA) is 81.7 Å². The van der Waals surface area contributed by atoms with E-state index in [1.165, 1.54) is 0 Å². The van der Waals surface area contributed by atoms with Crippen LogP contribution in [0.5, 0.6) is 0 Å². The Balaban J connectivity index is 2.03. The first-order valence-corrected chi connectivity index (χ1v) is 6.82. The van der Waals surface area contributed by atoms with E-state index in [2.05, 4.69) is 27.4 Å². The summed E-state index contributed by atoms with van der Waals surface area (Å²) in [6, 6.07) is 7.80. The average Bonchev–Trinajstić information content (AvgIpc) is 2.86. The third-order valence-corrected chi connectivity index (χ3v) is 3.47. The molecule has 6 heteroatoms. The molecule has 0 amide bonds. The van der Waals surface area contributed by atoms with Gasteiger partial charge in [-0.1, -0.05) is 0 Å². The molecular weight excluding hydrogens is 264 g/mol. The van der Waals surface area contributed by atoms with Gasteiger partial charge >= 0.3 is 0 Å². The molecule has 0 bridgehead atoms. The molecule has 0 fully saturated rings. The average molecular weight is 282 g/mol. The quantitative estimate of drug-likeness (QED) is 0.721. The van der Waals surface area contributed by atoms with Crippen LogP contribution in [0.15, 0.2) is 30.6 Å². The van der Waals surface area contributed by atoms with Crippen molar-refractivity contribution >= 4 is 22.3 Å². The smallest absolute Gasteiger partial charge is 0.154 e. The fraction of sp³-hybridized carbons (Fsp3) is 0.267. The Morgan fingerprint density at radius 1 is 1.29 bits per heavy atom. The fourth-order valence-electron chi connectivity index (χ4n) is 2.48. The maximum atomic E-state index is 5.90. The molecule has 0 radical (unpaired) electrons. The molecule has 3 N–H and O–H groups in total. The molecule has 2 heterocycles. The lowest BCUT2D eigenvalue weighted by Gasteiger charge is -2.17. The zero-order chi connectivity index (χ0) is 15.0. The molecule has 2 aromatic heterocycles. The highest BCUT2D eigenvalue weighted by molar-refractivity contribution is 5.93. The molecule has 0 saturated carbocycles. The second-order valence-electron chi connectivity index (χ2n) is 5.25. The van der Waals surface area contributed by atoms with Gasteiger partial charge in [-0.25, -0.2) is 0 Å². The summed E-state index contributed by atoms with van der Waals surface area (Å²) in [6.07, 6.45) is 1.70.